The fraction of sp³-hybridized carbons (Fsp3) is 0.167. The Balaban J connectivity index is 2.40. The molecule has 0 spiro atoms. The predicted octanol–water partition coefficient (Wildman–Crippen LogP) is 0.963. The smallest absolute Gasteiger partial charge is 0.322 e. The summed E-state index contributed by atoms with van der Waals surface area (Å²) in [7, 11) is 1.55. The molecule has 2 rings (SSSR count). The van der Waals surface area contributed by atoms with Crippen molar-refractivity contribution >= 4 is 22.9 Å². The van der Waals surface area contributed by atoms with Crippen molar-refractivity contribution in [3.8, 4) is 15.8 Å². The third kappa shape index (κ3) is 1.61. The van der Waals surface area contributed by atoms with Gasteiger partial charge in [0.05, 0.1) is 12.0 Å². The van der Waals surface area contributed by atoms with Crippen LogP contribution in [0.2, 0.25) is 0 Å². The van der Waals surface area contributed by atoms with Gasteiger partial charge in [0.15, 0.2) is 5.01 Å². The van der Waals surface area contributed by atoms with Crippen molar-refractivity contribution in [3.63, 3.8) is 0 Å². The molecule has 0 radical (unpaired) electrons. The van der Waals surface area contributed by atoms with Crippen LogP contribution < -0.4 is 9.61 Å². The standard InChI is InChI=1S/C6H5N3O2S2/c1-11-4-2-3(13-9-4)5-7-8-6(10)12-5/h2H,1H3,(H,8,10). The van der Waals surface area contributed by atoms with Gasteiger partial charge in [-0.3, -0.25) is 4.79 Å². The van der Waals surface area contributed by atoms with Crippen LogP contribution in [0, 0.1) is 0 Å². The van der Waals surface area contributed by atoms with E-state index in [1.54, 1.807) is 13.2 Å². The van der Waals surface area contributed by atoms with E-state index in [-0.39, 0.29) is 4.87 Å². The lowest BCUT2D eigenvalue weighted by molar-refractivity contribution is 0.403. The molecule has 2 aromatic heterocycles. The van der Waals surface area contributed by atoms with Gasteiger partial charge in [-0.25, -0.2) is 5.10 Å². The highest BCUT2D eigenvalue weighted by atomic mass is 32.1. The fourth-order valence-corrected chi connectivity index (χ4v) is 2.14. The minimum absolute atomic E-state index is 0.164. The molecule has 0 aliphatic carbocycles. The van der Waals surface area contributed by atoms with Gasteiger partial charge in [0.25, 0.3) is 0 Å². The molecule has 68 valence electrons. The molecule has 0 saturated heterocycles. The molecule has 0 aromatic carbocycles. The van der Waals surface area contributed by atoms with E-state index in [1.165, 1.54) is 11.5 Å². The van der Waals surface area contributed by atoms with E-state index in [1.807, 2.05) is 0 Å². The van der Waals surface area contributed by atoms with Crippen LogP contribution in [-0.4, -0.2) is 21.7 Å². The predicted molar refractivity (Wildman–Crippen MR) is 50.4 cm³/mol. The summed E-state index contributed by atoms with van der Waals surface area (Å²) in [6, 6.07) is 1.75. The molecule has 0 amide bonds. The van der Waals surface area contributed by atoms with Crippen LogP contribution >= 0.6 is 22.9 Å². The van der Waals surface area contributed by atoms with Crippen LogP contribution in [-0.2, 0) is 0 Å². The molecule has 0 unspecified atom stereocenters. The largest absolute Gasteiger partial charge is 0.480 e. The van der Waals surface area contributed by atoms with E-state index in [0.29, 0.717) is 10.9 Å². The molecular formula is C6H5N3O2S2. The Morgan fingerprint density at radius 2 is 2.46 bits per heavy atom. The Hall–Kier alpha value is -1.21. The molecule has 2 aromatic rings. The van der Waals surface area contributed by atoms with Crippen molar-refractivity contribution in [1.82, 2.24) is 14.6 Å². The zero-order valence-electron chi connectivity index (χ0n) is 6.60. The number of aromatic amines is 1. The van der Waals surface area contributed by atoms with E-state index >= 15 is 0 Å². The van der Waals surface area contributed by atoms with Gasteiger partial charge >= 0.3 is 4.87 Å². The molecule has 0 fully saturated rings. The first-order valence-electron chi connectivity index (χ1n) is 3.36. The molecular weight excluding hydrogens is 210 g/mol. The summed E-state index contributed by atoms with van der Waals surface area (Å²) < 4.78 is 8.90. The van der Waals surface area contributed by atoms with E-state index in [4.69, 9.17) is 4.74 Å². The first kappa shape index (κ1) is 8.39. The summed E-state index contributed by atoms with van der Waals surface area (Å²) in [5.41, 5.74) is 0. The lowest BCUT2D eigenvalue weighted by Gasteiger charge is -1.86. The maximum atomic E-state index is 10.8. The SMILES string of the molecule is COc1cc(-c2n[nH]c(=O)s2)sn1. The second kappa shape index (κ2) is 3.27. The van der Waals surface area contributed by atoms with Crippen molar-refractivity contribution < 1.29 is 4.74 Å². The minimum Gasteiger partial charge on any atom is -0.480 e. The number of aromatic nitrogens is 3. The Labute approximate surface area is 81.2 Å². The molecule has 1 N–H and O–H groups in total. The number of hydrogen-bond donors (Lipinski definition) is 1. The molecule has 0 saturated carbocycles. The summed E-state index contributed by atoms with van der Waals surface area (Å²) in [6.07, 6.45) is 0. The van der Waals surface area contributed by atoms with Gasteiger partial charge in [0.2, 0.25) is 5.88 Å². The van der Waals surface area contributed by atoms with Crippen LogP contribution in [0.5, 0.6) is 5.88 Å². The number of H-pyrrole nitrogens is 1. The maximum absolute atomic E-state index is 10.8. The molecule has 2 heterocycles. The van der Waals surface area contributed by atoms with Gasteiger partial charge in [0.1, 0.15) is 0 Å². The van der Waals surface area contributed by atoms with Gasteiger partial charge in [0, 0.05) is 6.07 Å². The Bertz CT molecular complexity index is 458. The van der Waals surface area contributed by atoms with E-state index in [0.717, 1.165) is 16.2 Å². The van der Waals surface area contributed by atoms with Crippen molar-refractivity contribution in [1.29, 1.82) is 0 Å². The van der Waals surface area contributed by atoms with Crippen LogP contribution in [0.25, 0.3) is 9.88 Å². The van der Waals surface area contributed by atoms with Crippen LogP contribution in [0.4, 0.5) is 0 Å². The quantitative estimate of drug-likeness (QED) is 0.810. The summed E-state index contributed by atoms with van der Waals surface area (Å²) in [4.78, 5) is 11.5. The molecule has 7 heteroatoms. The molecule has 0 bridgehead atoms. The second-order valence-electron chi connectivity index (χ2n) is 2.15. The Kier molecular flexibility index (Phi) is 2.11. The summed E-state index contributed by atoms with van der Waals surface area (Å²) >= 11 is 2.31. The summed E-state index contributed by atoms with van der Waals surface area (Å²) in [5.74, 6) is 0.544. The number of rotatable bonds is 2. The average Bonchev–Trinajstić information content (AvgIpc) is 2.71. The Morgan fingerprint density at radius 3 is 3.00 bits per heavy atom. The van der Waals surface area contributed by atoms with Crippen LogP contribution in [0.15, 0.2) is 10.9 Å². The maximum Gasteiger partial charge on any atom is 0.322 e. The molecule has 5 nitrogen and oxygen atoms in total. The molecule has 0 aliphatic heterocycles. The third-order valence-corrected chi connectivity index (χ3v) is 3.04. The van der Waals surface area contributed by atoms with Gasteiger partial charge in [-0.1, -0.05) is 11.3 Å². The Morgan fingerprint density at radius 1 is 1.62 bits per heavy atom. The average molecular weight is 215 g/mol. The highest BCUT2D eigenvalue weighted by molar-refractivity contribution is 7.18. The molecule has 0 aliphatic rings. The van der Waals surface area contributed by atoms with E-state index < -0.39 is 0 Å². The number of ether oxygens (including phenoxy) is 1. The first-order valence-corrected chi connectivity index (χ1v) is 4.95. The summed E-state index contributed by atoms with van der Waals surface area (Å²) in [5, 5.41) is 6.82. The van der Waals surface area contributed by atoms with Crippen molar-refractivity contribution in [3.05, 3.63) is 15.7 Å². The summed E-state index contributed by atoms with van der Waals surface area (Å²) in [6.45, 7) is 0. The van der Waals surface area contributed by atoms with Crippen molar-refractivity contribution in [2.24, 2.45) is 0 Å². The monoisotopic (exact) mass is 215 g/mol. The fourth-order valence-electron chi connectivity index (χ4n) is 0.791. The van der Waals surface area contributed by atoms with E-state index in [2.05, 4.69) is 14.6 Å². The number of methoxy groups -OCH3 is 1. The first-order chi connectivity index (χ1) is 6.29. The highest BCUT2D eigenvalue weighted by Crippen LogP contribution is 2.27. The molecule has 0 atom stereocenters. The second-order valence-corrected chi connectivity index (χ2v) is 3.92. The van der Waals surface area contributed by atoms with Gasteiger partial charge in [-0.15, -0.1) is 0 Å². The zero-order valence-corrected chi connectivity index (χ0v) is 8.24. The van der Waals surface area contributed by atoms with Gasteiger partial charge in [-0.05, 0) is 11.5 Å². The normalized spacial score (nSPS) is 10.2. The van der Waals surface area contributed by atoms with Gasteiger partial charge < -0.3 is 4.74 Å². The molecule has 13 heavy (non-hydrogen) atoms. The number of hydrogen-bond acceptors (Lipinski definition) is 6. The lowest BCUT2D eigenvalue weighted by Crippen LogP contribution is -1.90. The van der Waals surface area contributed by atoms with Crippen LogP contribution in [0.1, 0.15) is 0 Å². The van der Waals surface area contributed by atoms with Crippen molar-refractivity contribution in [2.45, 2.75) is 0 Å². The van der Waals surface area contributed by atoms with E-state index in [9.17, 15) is 4.79 Å². The third-order valence-electron chi connectivity index (χ3n) is 1.35. The highest BCUT2D eigenvalue weighted by Gasteiger charge is 2.08. The number of nitrogens with zero attached hydrogens (tertiary/aromatic N) is 2. The number of nitrogens with one attached hydrogen (secondary N) is 1. The lowest BCUT2D eigenvalue weighted by atomic mass is 10.5. The minimum atomic E-state index is -0.164. The van der Waals surface area contributed by atoms with Crippen LogP contribution in [0.3, 0.4) is 0 Å². The van der Waals surface area contributed by atoms with Gasteiger partial charge in [-0.2, -0.15) is 9.47 Å². The van der Waals surface area contributed by atoms with Crippen molar-refractivity contribution in [2.75, 3.05) is 7.11 Å². The zero-order chi connectivity index (χ0) is 9.26. The topological polar surface area (TPSA) is 67.9 Å².